The van der Waals surface area contributed by atoms with Crippen LogP contribution in [-0.2, 0) is 4.74 Å². The molecule has 0 spiro atoms. The van der Waals surface area contributed by atoms with Gasteiger partial charge in [0.25, 0.3) is 5.91 Å². The third kappa shape index (κ3) is 4.18. The molecule has 2 heterocycles. The predicted molar refractivity (Wildman–Crippen MR) is 89.6 cm³/mol. The van der Waals surface area contributed by atoms with Crippen LogP contribution >= 0.6 is 22.7 Å². The van der Waals surface area contributed by atoms with E-state index in [2.05, 4.69) is 23.9 Å². The van der Waals surface area contributed by atoms with Gasteiger partial charge in [-0.3, -0.25) is 4.79 Å². The molecule has 0 aliphatic heterocycles. The molecule has 2 aromatic heterocycles. The second kappa shape index (κ2) is 7.56. The molecule has 6 heteroatoms. The van der Waals surface area contributed by atoms with Crippen molar-refractivity contribution in [3.8, 4) is 0 Å². The largest absolute Gasteiger partial charge is 0.465 e. The Balaban J connectivity index is 2.11. The molecule has 0 fully saturated rings. The number of carbonyl (C=O) groups excluding carboxylic acids is 2. The summed E-state index contributed by atoms with van der Waals surface area (Å²) in [7, 11) is 1.33. The zero-order valence-electron chi connectivity index (χ0n) is 12.8. The second-order valence-electron chi connectivity index (χ2n) is 5.33. The molecule has 0 aliphatic carbocycles. The smallest absolute Gasteiger partial charge is 0.348 e. The lowest BCUT2D eigenvalue weighted by Crippen LogP contribution is -2.28. The molecule has 118 valence electrons. The number of rotatable bonds is 6. The van der Waals surface area contributed by atoms with Crippen LogP contribution in [0.15, 0.2) is 29.6 Å². The Hall–Kier alpha value is -1.66. The van der Waals surface area contributed by atoms with Crippen LogP contribution in [0.5, 0.6) is 0 Å². The Bertz CT molecular complexity index is 632. The van der Waals surface area contributed by atoms with Crippen LogP contribution in [0.4, 0.5) is 0 Å². The summed E-state index contributed by atoms with van der Waals surface area (Å²) in [5.41, 5.74) is 0. The van der Waals surface area contributed by atoms with E-state index in [9.17, 15) is 9.59 Å². The van der Waals surface area contributed by atoms with E-state index in [0.717, 1.165) is 22.6 Å². The van der Waals surface area contributed by atoms with E-state index in [0.29, 0.717) is 15.7 Å². The summed E-state index contributed by atoms with van der Waals surface area (Å²) in [6, 6.07) is 7.30. The van der Waals surface area contributed by atoms with Gasteiger partial charge in [0.2, 0.25) is 0 Å². The Kier molecular flexibility index (Phi) is 5.74. The van der Waals surface area contributed by atoms with Crippen LogP contribution in [0.25, 0.3) is 0 Å². The number of hydrogen-bond donors (Lipinski definition) is 1. The van der Waals surface area contributed by atoms with Gasteiger partial charge in [0.1, 0.15) is 4.88 Å². The minimum atomic E-state index is -0.416. The summed E-state index contributed by atoms with van der Waals surface area (Å²) in [6.45, 7) is 4.26. The van der Waals surface area contributed by atoms with Crippen molar-refractivity contribution >= 4 is 34.6 Å². The van der Waals surface area contributed by atoms with Gasteiger partial charge in [-0.25, -0.2) is 4.79 Å². The minimum absolute atomic E-state index is 0.00354. The molecule has 22 heavy (non-hydrogen) atoms. The van der Waals surface area contributed by atoms with Gasteiger partial charge in [0, 0.05) is 4.88 Å². The van der Waals surface area contributed by atoms with Crippen molar-refractivity contribution < 1.29 is 14.3 Å². The fourth-order valence-electron chi connectivity index (χ4n) is 2.11. The van der Waals surface area contributed by atoms with Crippen LogP contribution in [0.3, 0.4) is 0 Å². The fourth-order valence-corrected chi connectivity index (χ4v) is 3.72. The summed E-state index contributed by atoms with van der Waals surface area (Å²) >= 11 is 2.79. The highest BCUT2D eigenvalue weighted by atomic mass is 32.1. The molecule has 1 unspecified atom stereocenters. The van der Waals surface area contributed by atoms with E-state index < -0.39 is 5.97 Å². The van der Waals surface area contributed by atoms with Gasteiger partial charge >= 0.3 is 5.97 Å². The summed E-state index contributed by atoms with van der Waals surface area (Å²) in [4.78, 5) is 26.0. The number of methoxy groups -OCH3 is 1. The molecule has 1 atom stereocenters. The summed E-state index contributed by atoms with van der Waals surface area (Å²) in [5.74, 6) is -0.0957. The average molecular weight is 337 g/mol. The lowest BCUT2D eigenvalue weighted by atomic mass is 10.0. The van der Waals surface area contributed by atoms with Gasteiger partial charge in [-0.1, -0.05) is 19.9 Å². The topological polar surface area (TPSA) is 55.4 Å². The van der Waals surface area contributed by atoms with E-state index in [4.69, 9.17) is 0 Å². The number of thiophene rings is 2. The van der Waals surface area contributed by atoms with Gasteiger partial charge in [-0.2, -0.15) is 0 Å². The summed E-state index contributed by atoms with van der Waals surface area (Å²) < 4.78 is 4.66. The number of esters is 1. The van der Waals surface area contributed by atoms with Crippen molar-refractivity contribution in [3.63, 3.8) is 0 Å². The van der Waals surface area contributed by atoms with Gasteiger partial charge in [0.15, 0.2) is 0 Å². The van der Waals surface area contributed by atoms with Crippen molar-refractivity contribution in [2.45, 2.75) is 26.3 Å². The molecule has 4 nitrogen and oxygen atoms in total. The molecule has 1 amide bonds. The normalized spacial score (nSPS) is 12.2. The van der Waals surface area contributed by atoms with Crippen molar-refractivity contribution in [2.24, 2.45) is 5.92 Å². The first-order valence-corrected chi connectivity index (χ1v) is 8.73. The monoisotopic (exact) mass is 337 g/mol. The average Bonchev–Trinajstić information content (AvgIpc) is 3.16. The molecule has 0 saturated heterocycles. The molecular weight excluding hydrogens is 318 g/mol. The SMILES string of the molecule is COC(=O)c1ccc(C(=O)NC(CC(C)C)c2cccs2)s1. The van der Waals surface area contributed by atoms with E-state index in [1.807, 2.05) is 17.5 Å². The standard InChI is InChI=1S/C16H19NO3S2/c1-10(2)9-11(12-5-4-8-21-12)17-15(18)13-6-7-14(22-13)16(19)20-3/h4-8,10-11H,9H2,1-3H3,(H,17,18). The maximum absolute atomic E-state index is 12.4. The Labute approximate surface area is 138 Å². The van der Waals surface area contributed by atoms with Gasteiger partial charge in [-0.05, 0) is 35.9 Å². The summed E-state index contributed by atoms with van der Waals surface area (Å²) in [5, 5.41) is 5.08. The molecule has 0 radical (unpaired) electrons. The van der Waals surface area contributed by atoms with Gasteiger partial charge in [0.05, 0.1) is 18.0 Å². The maximum Gasteiger partial charge on any atom is 0.348 e. The van der Waals surface area contributed by atoms with E-state index in [1.165, 1.54) is 7.11 Å². The number of hydrogen-bond acceptors (Lipinski definition) is 5. The van der Waals surface area contributed by atoms with Gasteiger partial charge in [-0.15, -0.1) is 22.7 Å². The van der Waals surface area contributed by atoms with Gasteiger partial charge < -0.3 is 10.1 Å². The zero-order valence-corrected chi connectivity index (χ0v) is 14.4. The highest BCUT2D eigenvalue weighted by molar-refractivity contribution is 7.15. The molecule has 0 saturated carbocycles. The first kappa shape index (κ1) is 16.7. The summed E-state index contributed by atoms with van der Waals surface area (Å²) in [6.07, 6.45) is 0.876. The first-order chi connectivity index (χ1) is 10.5. The molecule has 0 aliphatic rings. The third-order valence-corrected chi connectivity index (χ3v) is 5.17. The lowest BCUT2D eigenvalue weighted by Gasteiger charge is -2.19. The Morgan fingerprint density at radius 1 is 1.23 bits per heavy atom. The van der Waals surface area contributed by atoms with Crippen molar-refractivity contribution in [3.05, 3.63) is 44.3 Å². The van der Waals surface area contributed by atoms with E-state index in [-0.39, 0.29) is 11.9 Å². The maximum atomic E-state index is 12.4. The van der Waals surface area contributed by atoms with Crippen LogP contribution in [-0.4, -0.2) is 19.0 Å². The number of ether oxygens (including phenoxy) is 1. The molecule has 2 rings (SSSR count). The van der Waals surface area contributed by atoms with Crippen LogP contribution in [0.1, 0.15) is 50.5 Å². The molecule has 0 aromatic carbocycles. The quantitative estimate of drug-likeness (QED) is 0.807. The number of nitrogens with one attached hydrogen (secondary N) is 1. The predicted octanol–water partition coefficient (Wildman–Crippen LogP) is 4.11. The van der Waals surface area contributed by atoms with E-state index in [1.54, 1.807) is 23.5 Å². The Morgan fingerprint density at radius 3 is 2.55 bits per heavy atom. The van der Waals surface area contributed by atoms with Crippen LogP contribution < -0.4 is 5.32 Å². The highest BCUT2D eigenvalue weighted by Crippen LogP contribution is 2.26. The molecule has 0 bridgehead atoms. The molecule has 1 N–H and O–H groups in total. The highest BCUT2D eigenvalue weighted by Gasteiger charge is 2.20. The first-order valence-electron chi connectivity index (χ1n) is 7.03. The zero-order chi connectivity index (χ0) is 16.1. The fraction of sp³-hybridized carbons (Fsp3) is 0.375. The van der Waals surface area contributed by atoms with Crippen molar-refractivity contribution in [2.75, 3.05) is 7.11 Å². The van der Waals surface area contributed by atoms with Crippen molar-refractivity contribution in [1.29, 1.82) is 0 Å². The third-order valence-electron chi connectivity index (χ3n) is 3.12. The van der Waals surface area contributed by atoms with E-state index >= 15 is 0 Å². The number of carbonyl (C=O) groups is 2. The van der Waals surface area contributed by atoms with Crippen molar-refractivity contribution in [1.82, 2.24) is 5.32 Å². The molecule has 2 aromatic rings. The number of amides is 1. The van der Waals surface area contributed by atoms with Crippen LogP contribution in [0.2, 0.25) is 0 Å². The Morgan fingerprint density at radius 2 is 1.95 bits per heavy atom. The second-order valence-corrected chi connectivity index (χ2v) is 7.39. The minimum Gasteiger partial charge on any atom is -0.465 e. The molecular formula is C16H19NO3S2. The van der Waals surface area contributed by atoms with Crippen LogP contribution in [0, 0.1) is 5.92 Å². The lowest BCUT2D eigenvalue weighted by molar-refractivity contribution is 0.0606.